The first-order valence-corrected chi connectivity index (χ1v) is 7.60. The standard InChI is InChI=1S/C15H29NO/c16-15-13-11-9-7-5-3-1-2-4-6-8-10-12-14-17-15/h16H,1-14H2. The summed E-state index contributed by atoms with van der Waals surface area (Å²) < 4.78 is 5.43. The predicted molar refractivity (Wildman–Crippen MR) is 73.7 cm³/mol. The fraction of sp³-hybridized carbons (Fsp3) is 0.933. The Labute approximate surface area is 107 Å². The minimum Gasteiger partial charge on any atom is -0.481 e. The zero-order valence-electron chi connectivity index (χ0n) is 11.3. The van der Waals surface area contributed by atoms with Crippen molar-refractivity contribution >= 4 is 5.90 Å². The van der Waals surface area contributed by atoms with Gasteiger partial charge >= 0.3 is 0 Å². The second-order valence-electron chi connectivity index (χ2n) is 5.26. The topological polar surface area (TPSA) is 33.1 Å². The number of ether oxygens (including phenoxy) is 1. The van der Waals surface area contributed by atoms with Gasteiger partial charge in [0.25, 0.3) is 0 Å². The minimum absolute atomic E-state index is 0.511. The van der Waals surface area contributed by atoms with E-state index < -0.39 is 0 Å². The molecule has 1 heterocycles. The first kappa shape index (κ1) is 14.5. The predicted octanol–water partition coefficient (Wildman–Crippen LogP) is 5.07. The van der Waals surface area contributed by atoms with E-state index in [2.05, 4.69) is 0 Å². The van der Waals surface area contributed by atoms with Crippen molar-refractivity contribution in [1.29, 1.82) is 5.41 Å². The van der Waals surface area contributed by atoms with Gasteiger partial charge in [-0.2, -0.15) is 0 Å². The molecular weight excluding hydrogens is 210 g/mol. The van der Waals surface area contributed by atoms with Crippen molar-refractivity contribution in [1.82, 2.24) is 0 Å². The maximum atomic E-state index is 7.67. The summed E-state index contributed by atoms with van der Waals surface area (Å²) in [5, 5.41) is 7.67. The van der Waals surface area contributed by atoms with E-state index in [1.807, 2.05) is 0 Å². The molecule has 0 aromatic carbocycles. The van der Waals surface area contributed by atoms with Gasteiger partial charge in [0.2, 0.25) is 0 Å². The second kappa shape index (κ2) is 10.6. The van der Waals surface area contributed by atoms with Gasteiger partial charge in [0.15, 0.2) is 5.90 Å². The van der Waals surface area contributed by atoms with Crippen LogP contribution in [-0.2, 0) is 4.74 Å². The van der Waals surface area contributed by atoms with Crippen LogP contribution in [0.2, 0.25) is 0 Å². The molecule has 1 aliphatic rings. The lowest BCUT2D eigenvalue weighted by Gasteiger charge is -2.08. The lowest BCUT2D eigenvalue weighted by molar-refractivity contribution is 0.279. The molecular formula is C15H29NO. The first-order chi connectivity index (χ1) is 8.39. The third-order valence-corrected chi connectivity index (χ3v) is 3.57. The number of hydrogen-bond acceptors (Lipinski definition) is 2. The summed E-state index contributed by atoms with van der Waals surface area (Å²) in [6.07, 6.45) is 16.8. The Morgan fingerprint density at radius 1 is 0.588 bits per heavy atom. The molecule has 0 unspecified atom stereocenters. The van der Waals surface area contributed by atoms with Gasteiger partial charge in [0.1, 0.15) is 0 Å². The highest BCUT2D eigenvalue weighted by Gasteiger charge is 2.00. The number of nitrogens with one attached hydrogen (secondary N) is 1. The molecule has 0 amide bonds. The summed E-state index contributed by atoms with van der Waals surface area (Å²) in [4.78, 5) is 0. The highest BCUT2D eigenvalue weighted by molar-refractivity contribution is 5.72. The van der Waals surface area contributed by atoms with Crippen molar-refractivity contribution < 1.29 is 4.74 Å². The van der Waals surface area contributed by atoms with Crippen molar-refractivity contribution in [3.8, 4) is 0 Å². The van der Waals surface area contributed by atoms with Crippen molar-refractivity contribution in [2.24, 2.45) is 0 Å². The van der Waals surface area contributed by atoms with Crippen LogP contribution in [-0.4, -0.2) is 12.5 Å². The zero-order valence-corrected chi connectivity index (χ0v) is 11.3. The van der Waals surface area contributed by atoms with E-state index in [1.165, 1.54) is 64.2 Å². The van der Waals surface area contributed by atoms with E-state index in [0.29, 0.717) is 5.90 Å². The van der Waals surface area contributed by atoms with Gasteiger partial charge in [-0.05, 0) is 12.8 Å². The Bertz CT molecular complexity index is 173. The lowest BCUT2D eigenvalue weighted by atomic mass is 10.0. The molecule has 0 spiro atoms. The van der Waals surface area contributed by atoms with E-state index >= 15 is 0 Å². The molecule has 1 N–H and O–H groups in total. The molecule has 1 fully saturated rings. The smallest absolute Gasteiger partial charge is 0.180 e. The lowest BCUT2D eigenvalue weighted by Crippen LogP contribution is -2.04. The maximum absolute atomic E-state index is 7.67. The van der Waals surface area contributed by atoms with Crippen molar-refractivity contribution in [2.75, 3.05) is 6.61 Å². The molecule has 0 radical (unpaired) electrons. The van der Waals surface area contributed by atoms with Gasteiger partial charge in [-0.25, -0.2) is 0 Å². The molecule has 100 valence electrons. The molecule has 0 aliphatic carbocycles. The van der Waals surface area contributed by atoms with Crippen LogP contribution in [0.25, 0.3) is 0 Å². The molecule has 0 aromatic heterocycles. The van der Waals surface area contributed by atoms with Gasteiger partial charge in [-0.15, -0.1) is 0 Å². The normalized spacial score (nSPS) is 22.9. The Kier molecular flexibility index (Phi) is 9.07. The largest absolute Gasteiger partial charge is 0.481 e. The van der Waals surface area contributed by atoms with Crippen molar-refractivity contribution in [3.63, 3.8) is 0 Å². The summed E-state index contributed by atoms with van der Waals surface area (Å²) in [6, 6.07) is 0. The molecule has 1 rings (SSSR count). The van der Waals surface area contributed by atoms with E-state index in [-0.39, 0.29) is 0 Å². The average Bonchev–Trinajstić information content (AvgIpc) is 2.32. The Hall–Kier alpha value is -0.530. The second-order valence-corrected chi connectivity index (χ2v) is 5.26. The Morgan fingerprint density at radius 2 is 1.00 bits per heavy atom. The highest BCUT2D eigenvalue weighted by atomic mass is 16.5. The van der Waals surface area contributed by atoms with E-state index in [0.717, 1.165) is 25.9 Å². The van der Waals surface area contributed by atoms with Crippen LogP contribution < -0.4 is 0 Å². The van der Waals surface area contributed by atoms with Crippen molar-refractivity contribution in [3.05, 3.63) is 0 Å². The summed E-state index contributed by atoms with van der Waals surface area (Å²) in [6.45, 7) is 0.763. The minimum atomic E-state index is 0.511. The zero-order chi connectivity index (χ0) is 12.2. The van der Waals surface area contributed by atoms with Crippen LogP contribution in [0.4, 0.5) is 0 Å². The van der Waals surface area contributed by atoms with Crippen LogP contribution in [0, 0.1) is 5.41 Å². The molecule has 1 saturated heterocycles. The molecule has 2 heteroatoms. The van der Waals surface area contributed by atoms with E-state index in [1.54, 1.807) is 0 Å². The number of rotatable bonds is 0. The Morgan fingerprint density at radius 3 is 1.53 bits per heavy atom. The molecule has 1 aliphatic heterocycles. The summed E-state index contributed by atoms with van der Waals surface area (Å²) in [5.74, 6) is 0.511. The van der Waals surface area contributed by atoms with Gasteiger partial charge < -0.3 is 4.74 Å². The maximum Gasteiger partial charge on any atom is 0.180 e. The van der Waals surface area contributed by atoms with Gasteiger partial charge in [0, 0.05) is 6.42 Å². The van der Waals surface area contributed by atoms with Crippen LogP contribution in [0.5, 0.6) is 0 Å². The quantitative estimate of drug-likeness (QED) is 0.629. The third kappa shape index (κ3) is 9.20. The van der Waals surface area contributed by atoms with Gasteiger partial charge in [0.05, 0.1) is 6.61 Å². The first-order valence-electron chi connectivity index (χ1n) is 7.60. The SMILES string of the molecule is N=C1CCCCCCCCCCCCCCO1. The number of hydrogen-bond donors (Lipinski definition) is 1. The van der Waals surface area contributed by atoms with Crippen LogP contribution in [0.3, 0.4) is 0 Å². The van der Waals surface area contributed by atoms with Crippen LogP contribution >= 0.6 is 0 Å². The highest BCUT2D eigenvalue weighted by Crippen LogP contribution is 2.13. The third-order valence-electron chi connectivity index (χ3n) is 3.57. The fourth-order valence-corrected chi connectivity index (χ4v) is 2.42. The van der Waals surface area contributed by atoms with Crippen molar-refractivity contribution in [2.45, 2.75) is 83.5 Å². The van der Waals surface area contributed by atoms with E-state index in [4.69, 9.17) is 10.1 Å². The summed E-state index contributed by atoms with van der Waals surface area (Å²) in [7, 11) is 0. The molecule has 17 heavy (non-hydrogen) atoms. The van der Waals surface area contributed by atoms with Gasteiger partial charge in [-0.3, -0.25) is 5.41 Å². The Balaban J connectivity index is 2.11. The summed E-state index contributed by atoms with van der Waals surface area (Å²) >= 11 is 0. The molecule has 2 nitrogen and oxygen atoms in total. The molecule has 0 bridgehead atoms. The van der Waals surface area contributed by atoms with Crippen LogP contribution in [0.1, 0.15) is 83.5 Å². The van der Waals surface area contributed by atoms with Gasteiger partial charge in [-0.1, -0.05) is 64.2 Å². The van der Waals surface area contributed by atoms with E-state index in [9.17, 15) is 0 Å². The average molecular weight is 239 g/mol. The fourth-order valence-electron chi connectivity index (χ4n) is 2.42. The molecule has 0 aromatic rings. The molecule has 0 atom stereocenters. The van der Waals surface area contributed by atoms with Crippen LogP contribution in [0.15, 0.2) is 0 Å². The molecule has 0 saturated carbocycles. The monoisotopic (exact) mass is 239 g/mol. The summed E-state index contributed by atoms with van der Waals surface area (Å²) in [5.41, 5.74) is 0.